The minimum absolute atomic E-state index is 0.00592. The van der Waals surface area contributed by atoms with Gasteiger partial charge in [0.1, 0.15) is 13.2 Å². The second-order valence-corrected chi connectivity index (χ2v) is 9.50. The smallest absolute Gasteiger partial charge is 0.238 e. The fraction of sp³-hybridized carbons (Fsp3) is 0.579. The average molecular weight is 426 g/mol. The van der Waals surface area contributed by atoms with Crippen molar-refractivity contribution in [3.05, 3.63) is 18.2 Å². The summed E-state index contributed by atoms with van der Waals surface area (Å²) in [5, 5.41) is 2.80. The number of benzene rings is 1. The van der Waals surface area contributed by atoms with Crippen LogP contribution in [0.4, 0.5) is 5.69 Å². The van der Waals surface area contributed by atoms with E-state index < -0.39 is 9.84 Å². The summed E-state index contributed by atoms with van der Waals surface area (Å²) < 4.78 is 34.2. The lowest BCUT2D eigenvalue weighted by molar-refractivity contribution is -0.133. The molecule has 1 N–H and O–H groups in total. The molecule has 1 fully saturated rings. The number of sulfone groups is 1. The van der Waals surface area contributed by atoms with Gasteiger partial charge in [-0.25, -0.2) is 8.42 Å². The minimum atomic E-state index is -3.06. The van der Waals surface area contributed by atoms with Gasteiger partial charge >= 0.3 is 0 Å². The van der Waals surface area contributed by atoms with Crippen molar-refractivity contribution in [1.29, 1.82) is 0 Å². The molecule has 2 aliphatic rings. The van der Waals surface area contributed by atoms with E-state index in [1.807, 2.05) is 6.92 Å². The lowest BCUT2D eigenvalue weighted by atomic mass is 10.2. The standard InChI is InChI=1S/C19H27N3O6S/c1-3-22(12-19(24)21(2)15-6-9-29(25,26)13-15)11-18(23)20-14-4-5-16-17(10-14)28-8-7-27-16/h4-5,10,15H,3,6-9,11-13H2,1-2H3,(H,20,23)/t15-/m1/s1. The third-order valence-corrected chi connectivity index (χ3v) is 6.90. The van der Waals surface area contributed by atoms with Crippen LogP contribution in [0.25, 0.3) is 0 Å². The van der Waals surface area contributed by atoms with Gasteiger partial charge in [0.15, 0.2) is 21.3 Å². The number of ether oxygens (including phenoxy) is 2. The fourth-order valence-corrected chi connectivity index (χ4v) is 5.17. The molecule has 1 aromatic rings. The second-order valence-electron chi connectivity index (χ2n) is 7.27. The summed E-state index contributed by atoms with van der Waals surface area (Å²) in [5.74, 6) is 0.914. The Balaban J connectivity index is 1.52. The molecule has 0 bridgehead atoms. The van der Waals surface area contributed by atoms with Gasteiger partial charge in [0.05, 0.1) is 24.6 Å². The van der Waals surface area contributed by atoms with Crippen molar-refractivity contribution < 1.29 is 27.5 Å². The Morgan fingerprint density at radius 1 is 1.17 bits per heavy atom. The molecular weight excluding hydrogens is 398 g/mol. The van der Waals surface area contributed by atoms with Crippen molar-refractivity contribution in [2.75, 3.05) is 56.7 Å². The second kappa shape index (κ2) is 9.00. The highest BCUT2D eigenvalue weighted by Gasteiger charge is 2.33. The summed E-state index contributed by atoms with van der Waals surface area (Å²) in [6, 6.07) is 4.90. The van der Waals surface area contributed by atoms with Gasteiger partial charge in [-0.2, -0.15) is 0 Å². The first-order valence-electron chi connectivity index (χ1n) is 9.65. The largest absolute Gasteiger partial charge is 0.486 e. The van der Waals surface area contributed by atoms with E-state index in [-0.39, 0.29) is 42.5 Å². The average Bonchev–Trinajstić information content (AvgIpc) is 3.06. The van der Waals surface area contributed by atoms with Crippen molar-refractivity contribution >= 4 is 27.3 Å². The van der Waals surface area contributed by atoms with Crippen LogP contribution in [0.15, 0.2) is 18.2 Å². The SMILES string of the molecule is CCN(CC(=O)Nc1ccc2c(c1)OCCO2)CC(=O)N(C)[C@@H]1CCS(=O)(=O)C1. The van der Waals surface area contributed by atoms with Gasteiger partial charge in [-0.15, -0.1) is 0 Å². The van der Waals surface area contributed by atoms with Crippen LogP contribution in [0.5, 0.6) is 11.5 Å². The Morgan fingerprint density at radius 2 is 1.90 bits per heavy atom. The maximum Gasteiger partial charge on any atom is 0.238 e. The van der Waals surface area contributed by atoms with Crippen molar-refractivity contribution in [2.24, 2.45) is 0 Å². The van der Waals surface area contributed by atoms with Crippen LogP contribution in [0.2, 0.25) is 0 Å². The molecule has 0 aromatic heterocycles. The van der Waals surface area contributed by atoms with Crippen LogP contribution >= 0.6 is 0 Å². The Morgan fingerprint density at radius 3 is 2.55 bits per heavy atom. The van der Waals surface area contributed by atoms with Crippen molar-refractivity contribution in [2.45, 2.75) is 19.4 Å². The monoisotopic (exact) mass is 425 g/mol. The van der Waals surface area contributed by atoms with Gasteiger partial charge in [-0.3, -0.25) is 14.5 Å². The molecule has 1 aromatic carbocycles. The highest BCUT2D eigenvalue weighted by molar-refractivity contribution is 7.91. The van der Waals surface area contributed by atoms with Crippen LogP contribution in [0.3, 0.4) is 0 Å². The summed E-state index contributed by atoms with van der Waals surface area (Å²) in [4.78, 5) is 28.2. The highest BCUT2D eigenvalue weighted by atomic mass is 32.2. The molecule has 0 aliphatic carbocycles. The van der Waals surface area contributed by atoms with Gasteiger partial charge in [-0.05, 0) is 25.1 Å². The topological polar surface area (TPSA) is 105 Å². The van der Waals surface area contributed by atoms with E-state index in [9.17, 15) is 18.0 Å². The molecule has 1 saturated heterocycles. The van der Waals surface area contributed by atoms with Gasteiger partial charge in [0.25, 0.3) is 0 Å². The van der Waals surface area contributed by atoms with Crippen molar-refractivity contribution in [3.63, 3.8) is 0 Å². The molecule has 0 saturated carbocycles. The maximum absolute atomic E-state index is 12.5. The molecule has 160 valence electrons. The molecule has 2 heterocycles. The molecule has 0 radical (unpaired) electrons. The van der Waals surface area contributed by atoms with Crippen molar-refractivity contribution in [1.82, 2.24) is 9.80 Å². The molecule has 1 atom stereocenters. The van der Waals surface area contributed by atoms with Crippen LogP contribution in [-0.2, 0) is 19.4 Å². The number of fused-ring (bicyclic) bond motifs is 1. The summed E-state index contributed by atoms with van der Waals surface area (Å²) in [6.45, 7) is 3.44. The lowest BCUT2D eigenvalue weighted by Crippen LogP contribution is -2.45. The molecule has 2 aliphatic heterocycles. The maximum atomic E-state index is 12.5. The highest BCUT2D eigenvalue weighted by Crippen LogP contribution is 2.32. The number of hydrogen-bond acceptors (Lipinski definition) is 7. The van der Waals surface area contributed by atoms with Gasteiger partial charge in [0.2, 0.25) is 11.8 Å². The summed E-state index contributed by atoms with van der Waals surface area (Å²) in [6.07, 6.45) is 0.460. The number of rotatable bonds is 7. The molecule has 2 amide bonds. The molecular formula is C19H27N3O6S. The summed E-state index contributed by atoms with van der Waals surface area (Å²) in [7, 11) is -1.44. The third kappa shape index (κ3) is 5.60. The first-order chi connectivity index (χ1) is 13.8. The first-order valence-corrected chi connectivity index (χ1v) is 11.5. The first kappa shape index (κ1) is 21.4. The van der Waals surface area contributed by atoms with E-state index in [4.69, 9.17) is 9.47 Å². The number of nitrogens with one attached hydrogen (secondary N) is 1. The number of carbonyl (C=O) groups excluding carboxylic acids is 2. The molecule has 29 heavy (non-hydrogen) atoms. The predicted octanol–water partition coefficient (Wildman–Crippen LogP) is 0.364. The fourth-order valence-electron chi connectivity index (χ4n) is 3.39. The zero-order chi connectivity index (χ0) is 21.0. The molecule has 10 heteroatoms. The number of carbonyl (C=O) groups is 2. The lowest BCUT2D eigenvalue weighted by Gasteiger charge is -2.27. The van der Waals surface area contributed by atoms with E-state index in [0.29, 0.717) is 43.4 Å². The summed E-state index contributed by atoms with van der Waals surface area (Å²) in [5.41, 5.74) is 0.593. The zero-order valence-corrected chi connectivity index (χ0v) is 17.5. The quantitative estimate of drug-likeness (QED) is 0.673. The van der Waals surface area contributed by atoms with Gasteiger partial charge in [-0.1, -0.05) is 6.92 Å². The summed E-state index contributed by atoms with van der Waals surface area (Å²) >= 11 is 0. The van der Waals surface area contributed by atoms with E-state index in [1.54, 1.807) is 30.1 Å². The van der Waals surface area contributed by atoms with Gasteiger partial charge < -0.3 is 19.7 Å². The Hall–Kier alpha value is -2.33. The van der Waals surface area contributed by atoms with E-state index in [1.165, 1.54) is 4.90 Å². The van der Waals surface area contributed by atoms with Crippen LogP contribution in [-0.4, -0.2) is 87.5 Å². The number of amides is 2. The van der Waals surface area contributed by atoms with E-state index in [2.05, 4.69) is 5.32 Å². The number of hydrogen-bond donors (Lipinski definition) is 1. The number of nitrogens with zero attached hydrogens (tertiary/aromatic N) is 2. The molecule has 3 rings (SSSR count). The minimum Gasteiger partial charge on any atom is -0.486 e. The third-order valence-electron chi connectivity index (χ3n) is 5.15. The Labute approximate surface area is 170 Å². The van der Waals surface area contributed by atoms with E-state index in [0.717, 1.165) is 0 Å². The van der Waals surface area contributed by atoms with E-state index >= 15 is 0 Å². The number of anilines is 1. The normalized spacial score (nSPS) is 19.8. The van der Waals surface area contributed by atoms with Crippen molar-refractivity contribution in [3.8, 4) is 11.5 Å². The Kier molecular flexibility index (Phi) is 6.63. The molecule has 9 nitrogen and oxygen atoms in total. The molecule has 0 unspecified atom stereocenters. The molecule has 0 spiro atoms. The number of likely N-dealkylation sites (N-methyl/N-ethyl adjacent to an activating group) is 2. The van der Waals surface area contributed by atoms with Crippen LogP contribution < -0.4 is 14.8 Å². The zero-order valence-electron chi connectivity index (χ0n) is 16.7. The van der Waals surface area contributed by atoms with Gasteiger partial charge in [0, 0.05) is 24.8 Å². The van der Waals surface area contributed by atoms with Crippen LogP contribution in [0.1, 0.15) is 13.3 Å². The van der Waals surface area contributed by atoms with Crippen LogP contribution in [0, 0.1) is 0 Å². The Bertz CT molecular complexity index is 873. The predicted molar refractivity (Wildman–Crippen MR) is 108 cm³/mol.